The van der Waals surface area contributed by atoms with E-state index in [1.165, 1.54) is 25.0 Å². The number of rotatable bonds is 7. The second-order valence-corrected chi connectivity index (χ2v) is 5.25. The first kappa shape index (κ1) is 13.3. The van der Waals surface area contributed by atoms with Crippen molar-refractivity contribution in [3.63, 3.8) is 0 Å². The molecule has 0 fully saturated rings. The van der Waals surface area contributed by atoms with Crippen LogP contribution < -0.4 is 5.73 Å². The highest BCUT2D eigenvalue weighted by Gasteiger charge is 2.08. The number of hydrogen-bond acceptors (Lipinski definition) is 3. The molecule has 0 aliphatic heterocycles. The molecule has 0 saturated heterocycles. The van der Waals surface area contributed by atoms with E-state index in [0.29, 0.717) is 0 Å². The minimum Gasteiger partial charge on any atom is -0.376 e. The van der Waals surface area contributed by atoms with Crippen molar-refractivity contribution in [2.45, 2.75) is 45.6 Å². The van der Waals surface area contributed by atoms with E-state index in [1.54, 1.807) is 0 Å². The number of hydrogen-bond donors (Lipinski definition) is 1. The first-order valence-corrected chi connectivity index (χ1v) is 6.13. The van der Waals surface area contributed by atoms with E-state index in [1.807, 2.05) is 11.8 Å². The highest BCUT2D eigenvalue weighted by molar-refractivity contribution is 7.99. The molecular formula is C10H23NOS. The van der Waals surface area contributed by atoms with Crippen LogP contribution in [0.15, 0.2) is 0 Å². The summed E-state index contributed by atoms with van der Waals surface area (Å²) in [4.78, 5) is 0. The fraction of sp³-hybridized carbons (Fsp3) is 1.00. The van der Waals surface area contributed by atoms with E-state index in [0.717, 1.165) is 12.5 Å². The summed E-state index contributed by atoms with van der Waals surface area (Å²) in [5.74, 6) is 1.94. The molecule has 0 unspecified atom stereocenters. The third-order valence-electron chi connectivity index (χ3n) is 1.59. The topological polar surface area (TPSA) is 35.2 Å². The second kappa shape index (κ2) is 7.65. The lowest BCUT2D eigenvalue weighted by atomic mass is 10.2. The van der Waals surface area contributed by atoms with Crippen LogP contribution in [-0.2, 0) is 4.74 Å². The van der Waals surface area contributed by atoms with E-state index in [-0.39, 0.29) is 5.60 Å². The molecular weight excluding hydrogens is 182 g/mol. The Balaban J connectivity index is 3.00. The van der Waals surface area contributed by atoms with Gasteiger partial charge >= 0.3 is 0 Å². The molecule has 0 heterocycles. The zero-order valence-corrected chi connectivity index (χ0v) is 9.95. The van der Waals surface area contributed by atoms with Crippen molar-refractivity contribution >= 4 is 11.8 Å². The van der Waals surface area contributed by atoms with Gasteiger partial charge in [-0.15, -0.1) is 11.8 Å². The normalized spacial score (nSPS) is 12.0. The van der Waals surface area contributed by atoms with Crippen molar-refractivity contribution < 1.29 is 4.74 Å². The van der Waals surface area contributed by atoms with Crippen molar-refractivity contribution in [1.29, 1.82) is 0 Å². The Hall–Kier alpha value is 0.270. The Bertz CT molecular complexity index is 112. The van der Waals surface area contributed by atoms with Crippen molar-refractivity contribution in [1.82, 2.24) is 0 Å². The van der Waals surface area contributed by atoms with Gasteiger partial charge in [-0.2, -0.15) is 0 Å². The van der Waals surface area contributed by atoms with Crippen LogP contribution in [0.3, 0.4) is 0 Å². The summed E-state index contributed by atoms with van der Waals surface area (Å²) < 4.78 is 5.60. The van der Waals surface area contributed by atoms with Crippen molar-refractivity contribution in [2.75, 3.05) is 18.2 Å². The molecule has 0 aromatic heterocycles. The van der Waals surface area contributed by atoms with Gasteiger partial charge < -0.3 is 10.5 Å². The van der Waals surface area contributed by atoms with Crippen LogP contribution in [0.2, 0.25) is 0 Å². The predicted molar refractivity (Wildman–Crippen MR) is 61.1 cm³/mol. The van der Waals surface area contributed by atoms with Crippen LogP contribution in [0.4, 0.5) is 0 Å². The summed E-state index contributed by atoms with van der Waals surface area (Å²) in [6, 6.07) is 0. The number of ether oxygens (including phenoxy) is 1. The third kappa shape index (κ3) is 12.3. The minimum absolute atomic E-state index is 0.0198. The largest absolute Gasteiger partial charge is 0.376 e. The molecule has 0 saturated carbocycles. The molecule has 2 nitrogen and oxygen atoms in total. The smallest absolute Gasteiger partial charge is 0.0598 e. The molecule has 2 N–H and O–H groups in total. The van der Waals surface area contributed by atoms with Crippen molar-refractivity contribution in [3.8, 4) is 0 Å². The molecule has 0 aromatic rings. The highest BCUT2D eigenvalue weighted by Crippen LogP contribution is 2.09. The fourth-order valence-electron chi connectivity index (χ4n) is 0.945. The molecule has 0 spiro atoms. The molecule has 0 amide bonds. The van der Waals surface area contributed by atoms with Gasteiger partial charge in [-0.1, -0.05) is 6.42 Å². The molecule has 0 radical (unpaired) electrons. The number of thioether (sulfide) groups is 1. The Labute approximate surface area is 86.6 Å². The first-order chi connectivity index (χ1) is 6.06. The maximum atomic E-state index is 5.60. The lowest BCUT2D eigenvalue weighted by molar-refractivity contribution is -0.00458. The summed E-state index contributed by atoms with van der Waals surface area (Å²) in [7, 11) is 0. The van der Waals surface area contributed by atoms with E-state index in [2.05, 4.69) is 20.8 Å². The van der Waals surface area contributed by atoms with Crippen molar-refractivity contribution in [3.05, 3.63) is 0 Å². The molecule has 0 aliphatic carbocycles. The molecule has 0 atom stereocenters. The highest BCUT2D eigenvalue weighted by atomic mass is 32.2. The van der Waals surface area contributed by atoms with E-state index in [4.69, 9.17) is 10.5 Å². The van der Waals surface area contributed by atoms with E-state index < -0.39 is 0 Å². The monoisotopic (exact) mass is 205 g/mol. The van der Waals surface area contributed by atoms with Gasteiger partial charge in [0.2, 0.25) is 0 Å². The molecule has 0 rings (SSSR count). The van der Waals surface area contributed by atoms with Gasteiger partial charge in [-0.25, -0.2) is 0 Å². The van der Waals surface area contributed by atoms with Gasteiger partial charge in [0.05, 0.1) is 5.60 Å². The molecule has 13 heavy (non-hydrogen) atoms. The first-order valence-electron chi connectivity index (χ1n) is 4.98. The van der Waals surface area contributed by atoms with Gasteiger partial charge in [0.15, 0.2) is 0 Å². The summed E-state index contributed by atoms with van der Waals surface area (Å²) >= 11 is 1.81. The average Bonchev–Trinajstić information content (AvgIpc) is 2.01. The van der Waals surface area contributed by atoms with E-state index >= 15 is 0 Å². The summed E-state index contributed by atoms with van der Waals surface area (Å²) in [6.45, 7) is 7.17. The van der Waals surface area contributed by atoms with Gasteiger partial charge in [-0.3, -0.25) is 0 Å². The Kier molecular flexibility index (Phi) is 7.81. The summed E-state index contributed by atoms with van der Waals surface area (Å²) in [6.07, 6.45) is 3.68. The maximum Gasteiger partial charge on any atom is 0.0598 e. The van der Waals surface area contributed by atoms with Crippen LogP contribution in [-0.4, -0.2) is 23.8 Å². The summed E-state index contributed by atoms with van der Waals surface area (Å²) in [5, 5.41) is 0. The zero-order valence-electron chi connectivity index (χ0n) is 9.14. The van der Waals surface area contributed by atoms with Gasteiger partial charge in [0.25, 0.3) is 0 Å². The number of nitrogens with two attached hydrogens (primary N) is 1. The van der Waals surface area contributed by atoms with Gasteiger partial charge in [0.1, 0.15) is 0 Å². The van der Waals surface area contributed by atoms with Gasteiger partial charge in [-0.05, 0) is 39.4 Å². The molecule has 0 aliphatic rings. The van der Waals surface area contributed by atoms with Gasteiger partial charge in [0, 0.05) is 12.5 Å². The standard InChI is InChI=1S/C10H23NOS/c1-10(2,3)12-7-5-4-6-8-13-9-11/h4-9,11H2,1-3H3. The molecule has 3 heteroatoms. The number of unbranched alkanes of at least 4 members (excludes halogenated alkanes) is 2. The quantitative estimate of drug-likeness (QED) is 0.512. The van der Waals surface area contributed by atoms with Crippen LogP contribution in [0.5, 0.6) is 0 Å². The zero-order chi connectivity index (χ0) is 10.2. The molecule has 80 valence electrons. The van der Waals surface area contributed by atoms with Crippen molar-refractivity contribution in [2.24, 2.45) is 5.73 Å². The fourth-order valence-corrected chi connectivity index (χ4v) is 1.52. The van der Waals surface area contributed by atoms with Crippen LogP contribution in [0, 0.1) is 0 Å². The lowest BCUT2D eigenvalue weighted by Crippen LogP contribution is -2.19. The average molecular weight is 205 g/mol. The molecule has 0 bridgehead atoms. The predicted octanol–water partition coefficient (Wildman–Crippen LogP) is 2.62. The van der Waals surface area contributed by atoms with Crippen LogP contribution in [0.1, 0.15) is 40.0 Å². The van der Waals surface area contributed by atoms with E-state index in [9.17, 15) is 0 Å². The summed E-state index contributed by atoms with van der Waals surface area (Å²) in [5.41, 5.74) is 5.38. The molecule has 0 aromatic carbocycles. The Morgan fingerprint density at radius 1 is 1.15 bits per heavy atom. The maximum absolute atomic E-state index is 5.60. The third-order valence-corrected chi connectivity index (χ3v) is 2.40. The van der Waals surface area contributed by atoms with Crippen LogP contribution >= 0.6 is 11.8 Å². The lowest BCUT2D eigenvalue weighted by Gasteiger charge is -2.19. The SMILES string of the molecule is CC(C)(C)OCCCCCSCN. The second-order valence-electron chi connectivity index (χ2n) is 4.10. The minimum atomic E-state index is 0.0198. The Morgan fingerprint density at radius 2 is 1.85 bits per heavy atom. The van der Waals surface area contributed by atoms with Crippen LogP contribution in [0.25, 0.3) is 0 Å². The Morgan fingerprint density at radius 3 is 2.38 bits per heavy atom.